The normalized spacial score (nSPS) is 19.8. The number of hydrogen-bond acceptors (Lipinski definition) is 4. The first-order valence-electron chi connectivity index (χ1n) is 6.81. The molecule has 1 fully saturated rings. The molecule has 1 atom stereocenters. The first-order valence-corrected chi connectivity index (χ1v) is 7.62. The Morgan fingerprint density at radius 1 is 1.50 bits per heavy atom. The Balaban J connectivity index is 1.85. The van der Waals surface area contributed by atoms with Gasteiger partial charge in [0.2, 0.25) is 0 Å². The Morgan fingerprint density at radius 2 is 2.30 bits per heavy atom. The van der Waals surface area contributed by atoms with Gasteiger partial charge in [-0.05, 0) is 37.0 Å². The van der Waals surface area contributed by atoms with Gasteiger partial charge in [0.25, 0.3) is 0 Å². The summed E-state index contributed by atoms with van der Waals surface area (Å²) in [5.74, 6) is -0.827. The summed E-state index contributed by atoms with van der Waals surface area (Å²) in [6.45, 7) is 2.77. The Morgan fingerprint density at radius 3 is 3.00 bits per heavy atom. The highest BCUT2D eigenvalue weighted by Crippen LogP contribution is 2.31. The van der Waals surface area contributed by atoms with Crippen LogP contribution in [-0.4, -0.2) is 42.2 Å². The third-order valence-electron chi connectivity index (χ3n) is 3.85. The lowest BCUT2D eigenvalue weighted by Crippen LogP contribution is -2.31. The molecule has 4 nitrogen and oxygen atoms in total. The molecule has 3 rings (SSSR count). The maximum atomic E-state index is 11.4. The van der Waals surface area contributed by atoms with Gasteiger partial charge in [0, 0.05) is 23.8 Å². The minimum Gasteiger partial charge on any atom is -0.477 e. The Bertz CT molecular complexity index is 638. The molecule has 0 spiro atoms. The van der Waals surface area contributed by atoms with Crippen LogP contribution in [0.25, 0.3) is 10.1 Å². The summed E-state index contributed by atoms with van der Waals surface area (Å²) in [4.78, 5) is 14.2. The van der Waals surface area contributed by atoms with E-state index in [4.69, 9.17) is 0 Å². The number of likely N-dealkylation sites (tertiary alicyclic amines) is 1. The lowest BCUT2D eigenvalue weighted by molar-refractivity contribution is 0.0701. The summed E-state index contributed by atoms with van der Waals surface area (Å²) in [6.07, 6.45) is 1.13. The zero-order valence-electron chi connectivity index (χ0n) is 11.4. The van der Waals surface area contributed by atoms with Crippen LogP contribution in [0.1, 0.15) is 21.7 Å². The summed E-state index contributed by atoms with van der Waals surface area (Å²) in [5, 5.41) is 13.9. The number of nitrogens with one attached hydrogen (secondary N) is 1. The molecule has 106 valence electrons. The highest BCUT2D eigenvalue weighted by atomic mass is 32.1. The molecule has 2 N–H and O–H groups in total. The summed E-state index contributed by atoms with van der Waals surface area (Å²) >= 11 is 1.37. The molecular formula is C15H18N2O2S. The first-order chi connectivity index (χ1) is 9.65. The molecule has 0 bridgehead atoms. The second-order valence-corrected chi connectivity index (χ2v) is 6.39. The van der Waals surface area contributed by atoms with Crippen molar-refractivity contribution in [2.75, 3.05) is 20.1 Å². The van der Waals surface area contributed by atoms with Gasteiger partial charge in [-0.2, -0.15) is 0 Å². The average Bonchev–Trinajstić information content (AvgIpc) is 3.00. The van der Waals surface area contributed by atoms with Gasteiger partial charge in [0.15, 0.2) is 0 Å². The lowest BCUT2D eigenvalue weighted by Gasteiger charge is -2.13. The van der Waals surface area contributed by atoms with E-state index in [1.54, 1.807) is 0 Å². The van der Waals surface area contributed by atoms with Gasteiger partial charge in [-0.3, -0.25) is 0 Å². The zero-order chi connectivity index (χ0) is 14.1. The Kier molecular flexibility index (Phi) is 3.74. The SMILES string of the molecule is CN1CCC(NCc2c(C(=O)O)sc3ccccc23)C1. The third-order valence-corrected chi connectivity index (χ3v) is 5.05. The van der Waals surface area contributed by atoms with E-state index >= 15 is 0 Å². The number of carboxylic acids is 1. The second kappa shape index (κ2) is 5.52. The van der Waals surface area contributed by atoms with E-state index in [0.717, 1.165) is 35.2 Å². The molecule has 0 aliphatic carbocycles. The van der Waals surface area contributed by atoms with Gasteiger partial charge < -0.3 is 15.3 Å². The molecule has 20 heavy (non-hydrogen) atoms. The van der Waals surface area contributed by atoms with Crippen molar-refractivity contribution in [3.05, 3.63) is 34.7 Å². The van der Waals surface area contributed by atoms with Crippen LogP contribution in [0, 0.1) is 0 Å². The monoisotopic (exact) mass is 290 g/mol. The number of thiophene rings is 1. The second-order valence-electron chi connectivity index (χ2n) is 5.34. The van der Waals surface area contributed by atoms with Crippen LogP contribution < -0.4 is 5.32 Å². The van der Waals surface area contributed by atoms with Gasteiger partial charge in [0.1, 0.15) is 4.88 Å². The predicted octanol–water partition coefficient (Wildman–Crippen LogP) is 2.39. The van der Waals surface area contributed by atoms with Crippen LogP contribution in [0.2, 0.25) is 0 Å². The summed E-state index contributed by atoms with van der Waals surface area (Å²) in [5.41, 5.74) is 0.924. The quantitative estimate of drug-likeness (QED) is 0.908. The van der Waals surface area contributed by atoms with Crippen LogP contribution in [0.5, 0.6) is 0 Å². The van der Waals surface area contributed by atoms with Gasteiger partial charge in [0.05, 0.1) is 0 Å². The standard InChI is InChI=1S/C15H18N2O2S/c1-17-7-6-10(9-17)16-8-12-11-4-2-3-5-13(11)20-14(12)15(18)19/h2-5,10,16H,6-9H2,1H3,(H,18,19). The van der Waals surface area contributed by atoms with Crippen LogP contribution in [0.15, 0.2) is 24.3 Å². The van der Waals surface area contributed by atoms with Crippen molar-refractivity contribution in [3.8, 4) is 0 Å². The van der Waals surface area contributed by atoms with Crippen molar-refractivity contribution in [2.45, 2.75) is 19.0 Å². The summed E-state index contributed by atoms with van der Waals surface area (Å²) in [6, 6.07) is 8.37. The molecular weight excluding hydrogens is 272 g/mol. The largest absolute Gasteiger partial charge is 0.477 e. The van der Waals surface area contributed by atoms with Gasteiger partial charge in [-0.15, -0.1) is 11.3 Å². The van der Waals surface area contributed by atoms with Crippen LogP contribution in [0.3, 0.4) is 0 Å². The molecule has 0 radical (unpaired) electrons. The zero-order valence-corrected chi connectivity index (χ0v) is 12.2. The van der Waals surface area contributed by atoms with E-state index in [-0.39, 0.29) is 0 Å². The molecule has 1 aromatic carbocycles. The molecule has 5 heteroatoms. The van der Waals surface area contributed by atoms with Crippen LogP contribution in [0.4, 0.5) is 0 Å². The van der Waals surface area contributed by atoms with Gasteiger partial charge in [-0.25, -0.2) is 4.79 Å². The van der Waals surface area contributed by atoms with E-state index in [0.29, 0.717) is 17.5 Å². The molecule has 2 aromatic rings. The van der Waals surface area contributed by atoms with Crippen molar-refractivity contribution < 1.29 is 9.90 Å². The van der Waals surface area contributed by atoms with E-state index in [9.17, 15) is 9.90 Å². The minimum absolute atomic E-state index is 0.459. The van der Waals surface area contributed by atoms with Crippen molar-refractivity contribution in [3.63, 3.8) is 0 Å². The number of carbonyl (C=O) groups is 1. The lowest BCUT2D eigenvalue weighted by atomic mass is 10.1. The predicted molar refractivity (Wildman–Crippen MR) is 81.5 cm³/mol. The van der Waals surface area contributed by atoms with E-state index < -0.39 is 5.97 Å². The fourth-order valence-corrected chi connectivity index (χ4v) is 3.86. The van der Waals surface area contributed by atoms with Crippen LogP contribution in [-0.2, 0) is 6.54 Å². The molecule has 1 unspecified atom stereocenters. The molecule has 1 aliphatic rings. The van der Waals surface area contributed by atoms with Gasteiger partial charge in [-0.1, -0.05) is 18.2 Å². The summed E-state index contributed by atoms with van der Waals surface area (Å²) in [7, 11) is 2.12. The Labute approximate surface area is 122 Å². The minimum atomic E-state index is -0.827. The maximum absolute atomic E-state index is 11.4. The fourth-order valence-electron chi connectivity index (χ4n) is 2.80. The topological polar surface area (TPSA) is 52.6 Å². The number of benzene rings is 1. The van der Waals surface area contributed by atoms with Gasteiger partial charge >= 0.3 is 5.97 Å². The van der Waals surface area contributed by atoms with Crippen molar-refractivity contribution in [1.82, 2.24) is 10.2 Å². The molecule has 2 heterocycles. The van der Waals surface area contributed by atoms with Crippen LogP contribution >= 0.6 is 11.3 Å². The Hall–Kier alpha value is -1.43. The highest BCUT2D eigenvalue weighted by molar-refractivity contribution is 7.21. The van der Waals surface area contributed by atoms with E-state index in [1.807, 2.05) is 24.3 Å². The number of aromatic carboxylic acids is 1. The van der Waals surface area contributed by atoms with E-state index in [2.05, 4.69) is 17.3 Å². The fraction of sp³-hybridized carbons (Fsp3) is 0.400. The van der Waals surface area contributed by atoms with Crippen molar-refractivity contribution >= 4 is 27.4 Å². The summed E-state index contributed by atoms with van der Waals surface area (Å²) < 4.78 is 1.05. The van der Waals surface area contributed by atoms with E-state index in [1.165, 1.54) is 11.3 Å². The third kappa shape index (κ3) is 2.57. The molecule has 1 aliphatic heterocycles. The maximum Gasteiger partial charge on any atom is 0.346 e. The molecule has 0 saturated carbocycles. The number of carboxylic acid groups (broad SMARTS) is 1. The van der Waals surface area contributed by atoms with Crippen molar-refractivity contribution in [1.29, 1.82) is 0 Å². The molecule has 1 aromatic heterocycles. The first kappa shape index (κ1) is 13.5. The molecule has 1 saturated heterocycles. The highest BCUT2D eigenvalue weighted by Gasteiger charge is 2.21. The number of fused-ring (bicyclic) bond motifs is 1. The smallest absolute Gasteiger partial charge is 0.346 e. The average molecular weight is 290 g/mol. The van der Waals surface area contributed by atoms with Crippen molar-refractivity contribution in [2.24, 2.45) is 0 Å². The number of likely N-dealkylation sites (N-methyl/N-ethyl adjacent to an activating group) is 1. The number of hydrogen-bond donors (Lipinski definition) is 2. The number of nitrogens with zero attached hydrogens (tertiary/aromatic N) is 1. The number of rotatable bonds is 4. The molecule has 0 amide bonds.